The Labute approximate surface area is 522 Å². The number of unbranched alkanes of at least 4 members (excludes halogenated alkanes) is 34. The number of aliphatic hydroxyl groups is 1. The third kappa shape index (κ3) is 60.5. The van der Waals surface area contributed by atoms with Gasteiger partial charge in [0.2, 0.25) is 0 Å². The standard InChI is InChI=1S/C67H126O17P2/c1-6-9-12-15-18-20-21-22-23-26-29-32-37-41-46-51-65(70)78-57-63(84-67(72)53-48-43-38-33-30-27-24-25-28-31-35-39-44-49-60(4)5)59-82-86(75,76)80-55-61(68)54-79-85(73,74)81-58-62(56-77-64(69)50-45-40-34-17-14-11-8-3)83-66(71)52-47-42-36-19-16-13-10-7-2/h20-23,60-63,68H,6-19,24-59H2,1-5H3,(H,73,74)(H,75,76)/b21-20-,23-22-/t61-,62+,63+/m0/s1. The zero-order valence-corrected chi connectivity index (χ0v) is 56.7. The van der Waals surface area contributed by atoms with Gasteiger partial charge >= 0.3 is 39.5 Å². The summed E-state index contributed by atoms with van der Waals surface area (Å²) in [4.78, 5) is 72.1. The topological polar surface area (TPSA) is 237 Å². The molecule has 506 valence electrons. The summed E-state index contributed by atoms with van der Waals surface area (Å²) in [5.74, 6) is -1.38. The Morgan fingerprint density at radius 2 is 0.628 bits per heavy atom. The van der Waals surface area contributed by atoms with Crippen molar-refractivity contribution in [3.63, 3.8) is 0 Å². The van der Waals surface area contributed by atoms with Crippen LogP contribution in [-0.4, -0.2) is 96.7 Å². The maximum Gasteiger partial charge on any atom is 0.472 e. The fourth-order valence-electron chi connectivity index (χ4n) is 9.57. The number of hydrogen-bond donors (Lipinski definition) is 3. The minimum atomic E-state index is -4.95. The third-order valence-corrected chi connectivity index (χ3v) is 16.8. The van der Waals surface area contributed by atoms with E-state index in [4.69, 9.17) is 37.0 Å². The highest BCUT2D eigenvalue weighted by molar-refractivity contribution is 7.47. The summed E-state index contributed by atoms with van der Waals surface area (Å²) in [7, 11) is -9.89. The van der Waals surface area contributed by atoms with Crippen LogP contribution in [0, 0.1) is 5.92 Å². The Balaban J connectivity index is 5.22. The van der Waals surface area contributed by atoms with Crippen LogP contribution < -0.4 is 0 Å². The van der Waals surface area contributed by atoms with Crippen LogP contribution in [0.1, 0.15) is 317 Å². The van der Waals surface area contributed by atoms with Crippen molar-refractivity contribution in [3.05, 3.63) is 24.3 Å². The largest absolute Gasteiger partial charge is 0.472 e. The van der Waals surface area contributed by atoms with E-state index >= 15 is 0 Å². The van der Waals surface area contributed by atoms with Crippen LogP contribution in [0.3, 0.4) is 0 Å². The van der Waals surface area contributed by atoms with E-state index in [0.717, 1.165) is 134 Å². The fourth-order valence-corrected chi connectivity index (χ4v) is 11.2. The van der Waals surface area contributed by atoms with Gasteiger partial charge in [-0.05, 0) is 57.3 Å². The molecule has 0 aliphatic heterocycles. The van der Waals surface area contributed by atoms with E-state index in [9.17, 15) is 43.2 Å². The molecule has 0 saturated heterocycles. The molecule has 5 atom stereocenters. The average Bonchev–Trinajstić information content (AvgIpc) is 3.60. The van der Waals surface area contributed by atoms with Crippen LogP contribution in [0.4, 0.5) is 0 Å². The molecule has 0 aromatic heterocycles. The number of phosphoric acid groups is 2. The minimum Gasteiger partial charge on any atom is -0.462 e. The van der Waals surface area contributed by atoms with E-state index in [1.807, 2.05) is 0 Å². The summed E-state index contributed by atoms with van der Waals surface area (Å²) in [6, 6.07) is 0. The van der Waals surface area contributed by atoms with Crippen molar-refractivity contribution in [1.82, 2.24) is 0 Å². The Bertz CT molecular complexity index is 1760. The third-order valence-electron chi connectivity index (χ3n) is 14.9. The van der Waals surface area contributed by atoms with Gasteiger partial charge in [-0.1, -0.05) is 264 Å². The first-order valence-corrected chi connectivity index (χ1v) is 37.4. The highest BCUT2D eigenvalue weighted by Crippen LogP contribution is 2.45. The lowest BCUT2D eigenvalue weighted by molar-refractivity contribution is -0.161. The van der Waals surface area contributed by atoms with Crippen molar-refractivity contribution in [2.24, 2.45) is 5.92 Å². The normalized spacial score (nSPS) is 14.3. The number of rotatable bonds is 65. The zero-order valence-electron chi connectivity index (χ0n) is 54.9. The van der Waals surface area contributed by atoms with E-state index < -0.39 is 97.5 Å². The predicted octanol–water partition coefficient (Wildman–Crippen LogP) is 18.5. The second kappa shape index (κ2) is 60.1. The lowest BCUT2D eigenvalue weighted by Gasteiger charge is -2.21. The first-order valence-electron chi connectivity index (χ1n) is 34.5. The quantitative estimate of drug-likeness (QED) is 0.0169. The van der Waals surface area contributed by atoms with Gasteiger partial charge in [-0.2, -0.15) is 0 Å². The number of phosphoric ester groups is 2. The molecule has 0 aromatic carbocycles. The predicted molar refractivity (Wildman–Crippen MR) is 344 cm³/mol. The Hall–Kier alpha value is -2.46. The molecule has 2 unspecified atom stereocenters. The van der Waals surface area contributed by atoms with Crippen LogP contribution in [0.25, 0.3) is 0 Å². The molecule has 0 spiro atoms. The van der Waals surface area contributed by atoms with E-state index in [0.29, 0.717) is 25.7 Å². The van der Waals surface area contributed by atoms with E-state index in [1.165, 1.54) is 103 Å². The molecule has 0 bridgehead atoms. The summed E-state index contributed by atoms with van der Waals surface area (Å²) >= 11 is 0. The summed E-state index contributed by atoms with van der Waals surface area (Å²) in [6.07, 6.45) is 48.2. The van der Waals surface area contributed by atoms with Crippen LogP contribution in [0.15, 0.2) is 24.3 Å². The smallest absolute Gasteiger partial charge is 0.462 e. The molecule has 0 heterocycles. The van der Waals surface area contributed by atoms with Gasteiger partial charge in [0, 0.05) is 25.7 Å². The summed E-state index contributed by atoms with van der Waals surface area (Å²) < 4.78 is 67.9. The van der Waals surface area contributed by atoms with Crippen LogP contribution in [0.2, 0.25) is 0 Å². The molecule has 0 radical (unpaired) electrons. The minimum absolute atomic E-state index is 0.100. The van der Waals surface area contributed by atoms with Gasteiger partial charge in [0.1, 0.15) is 19.3 Å². The lowest BCUT2D eigenvalue weighted by Crippen LogP contribution is -2.30. The number of allylic oxidation sites excluding steroid dienone is 4. The number of carbonyl (C=O) groups is 4. The van der Waals surface area contributed by atoms with E-state index in [2.05, 4.69) is 58.9 Å². The first kappa shape index (κ1) is 83.5. The van der Waals surface area contributed by atoms with E-state index in [1.54, 1.807) is 0 Å². The molecular weight excluding hydrogens is 1140 g/mol. The summed E-state index contributed by atoms with van der Waals surface area (Å²) in [5, 5.41) is 10.5. The van der Waals surface area contributed by atoms with Gasteiger partial charge in [-0.15, -0.1) is 0 Å². The van der Waals surface area contributed by atoms with Crippen molar-refractivity contribution in [2.45, 2.75) is 335 Å². The Morgan fingerprint density at radius 1 is 0.360 bits per heavy atom. The maximum atomic E-state index is 13.0. The number of esters is 4. The van der Waals surface area contributed by atoms with Crippen molar-refractivity contribution in [2.75, 3.05) is 39.6 Å². The SMILES string of the molecule is CCCCCC/C=C\C=C/CCCCCCCC(=O)OC[C@H](COP(=O)(O)OC[C@@H](O)COP(=O)(O)OC[C@@H](COC(=O)CCCCCCCCC)OC(=O)CCCCCCCCCC)OC(=O)CCCCCCCCCCCCCCCC(C)C. The molecule has 86 heavy (non-hydrogen) atoms. The van der Waals surface area contributed by atoms with Crippen LogP contribution in [0.5, 0.6) is 0 Å². The summed E-state index contributed by atoms with van der Waals surface area (Å²) in [5.41, 5.74) is 0. The first-order chi connectivity index (χ1) is 41.5. The van der Waals surface area contributed by atoms with Gasteiger partial charge in [0.15, 0.2) is 12.2 Å². The maximum absolute atomic E-state index is 13.0. The molecule has 17 nitrogen and oxygen atoms in total. The van der Waals surface area contributed by atoms with Gasteiger partial charge < -0.3 is 33.8 Å². The number of hydrogen-bond acceptors (Lipinski definition) is 15. The van der Waals surface area contributed by atoms with Gasteiger partial charge in [-0.25, -0.2) is 9.13 Å². The Kier molecular flexibility index (Phi) is 58.4. The van der Waals surface area contributed by atoms with Crippen molar-refractivity contribution < 1.29 is 80.2 Å². The van der Waals surface area contributed by atoms with Crippen molar-refractivity contribution in [1.29, 1.82) is 0 Å². The number of carbonyl (C=O) groups excluding carboxylic acids is 4. The second-order valence-corrected chi connectivity index (χ2v) is 26.9. The highest BCUT2D eigenvalue weighted by Gasteiger charge is 2.30. The number of aliphatic hydroxyl groups excluding tert-OH is 1. The molecule has 0 aliphatic rings. The molecule has 0 fully saturated rings. The molecule has 0 saturated carbocycles. The van der Waals surface area contributed by atoms with Gasteiger partial charge in [0.25, 0.3) is 0 Å². The molecular formula is C67H126O17P2. The average molecular weight is 1270 g/mol. The van der Waals surface area contributed by atoms with Crippen molar-refractivity contribution in [3.8, 4) is 0 Å². The van der Waals surface area contributed by atoms with Gasteiger partial charge in [0.05, 0.1) is 26.4 Å². The Morgan fingerprint density at radius 3 is 0.953 bits per heavy atom. The summed E-state index contributed by atoms with van der Waals surface area (Å²) in [6.45, 7) is 7.10. The van der Waals surface area contributed by atoms with Gasteiger partial charge in [-0.3, -0.25) is 37.3 Å². The second-order valence-electron chi connectivity index (χ2n) is 24.0. The fraction of sp³-hybridized carbons (Fsp3) is 0.881. The molecule has 0 aromatic rings. The molecule has 3 N–H and O–H groups in total. The molecule has 0 aliphatic carbocycles. The molecule has 0 amide bonds. The lowest BCUT2D eigenvalue weighted by atomic mass is 10.0. The number of ether oxygens (including phenoxy) is 4. The molecule has 19 heteroatoms. The van der Waals surface area contributed by atoms with Crippen molar-refractivity contribution >= 4 is 39.5 Å². The zero-order chi connectivity index (χ0) is 63.5. The van der Waals surface area contributed by atoms with Crippen LogP contribution in [-0.2, 0) is 65.4 Å². The molecule has 0 rings (SSSR count). The monoisotopic (exact) mass is 1260 g/mol. The van der Waals surface area contributed by atoms with Crippen LogP contribution >= 0.6 is 15.6 Å². The highest BCUT2D eigenvalue weighted by atomic mass is 31.2. The van der Waals surface area contributed by atoms with E-state index in [-0.39, 0.29) is 25.7 Å².